The van der Waals surface area contributed by atoms with E-state index in [4.69, 9.17) is 10.5 Å². The Morgan fingerprint density at radius 1 is 1.32 bits per heavy atom. The maximum atomic E-state index is 12.3. The van der Waals surface area contributed by atoms with E-state index in [2.05, 4.69) is 6.92 Å². The number of sulfonamides is 1. The minimum atomic E-state index is -3.42. The molecule has 1 fully saturated rings. The molecule has 1 aromatic carbocycles. The molecule has 0 bridgehead atoms. The number of hydrogen-bond acceptors (Lipinski definition) is 4. The van der Waals surface area contributed by atoms with Gasteiger partial charge in [-0.3, -0.25) is 0 Å². The summed E-state index contributed by atoms with van der Waals surface area (Å²) in [6.07, 6.45) is 1.81. The van der Waals surface area contributed by atoms with Gasteiger partial charge in [-0.15, -0.1) is 0 Å². The fourth-order valence-corrected chi connectivity index (χ4v) is 4.01. The summed E-state index contributed by atoms with van der Waals surface area (Å²) in [7, 11) is -1.87. The molecule has 0 aliphatic carbocycles. The summed E-state index contributed by atoms with van der Waals surface area (Å²) in [5.41, 5.74) is 5.75. The number of nitrogens with zero attached hydrogens (tertiary/aromatic N) is 1. The van der Waals surface area contributed by atoms with Gasteiger partial charge in [0.1, 0.15) is 5.75 Å². The van der Waals surface area contributed by atoms with Crippen LogP contribution in [0.5, 0.6) is 5.75 Å². The fraction of sp³-hybridized carbons (Fsp3) is 0.538. The fourth-order valence-electron chi connectivity index (χ4n) is 2.38. The van der Waals surface area contributed by atoms with Crippen molar-refractivity contribution in [3.05, 3.63) is 24.3 Å². The van der Waals surface area contributed by atoms with Gasteiger partial charge in [0.05, 0.1) is 12.0 Å². The average molecular weight is 284 g/mol. The van der Waals surface area contributed by atoms with Gasteiger partial charge < -0.3 is 10.5 Å². The lowest BCUT2D eigenvalue weighted by Gasteiger charge is -2.46. The van der Waals surface area contributed by atoms with Crippen molar-refractivity contribution >= 4 is 10.0 Å². The van der Waals surface area contributed by atoms with Gasteiger partial charge in [-0.1, -0.05) is 13.3 Å². The molecule has 1 saturated heterocycles. The number of rotatable bonds is 5. The molecule has 0 amide bonds. The van der Waals surface area contributed by atoms with Gasteiger partial charge in [0.2, 0.25) is 10.0 Å². The van der Waals surface area contributed by atoms with E-state index in [0.717, 1.165) is 12.8 Å². The van der Waals surface area contributed by atoms with E-state index in [9.17, 15) is 8.42 Å². The zero-order chi connectivity index (χ0) is 14.1. The second kappa shape index (κ2) is 5.11. The van der Waals surface area contributed by atoms with Gasteiger partial charge in [0.15, 0.2) is 0 Å². The minimum Gasteiger partial charge on any atom is -0.497 e. The molecule has 2 rings (SSSR count). The molecule has 0 saturated carbocycles. The lowest BCUT2D eigenvalue weighted by atomic mass is 9.89. The van der Waals surface area contributed by atoms with E-state index in [1.807, 2.05) is 0 Å². The Morgan fingerprint density at radius 3 is 2.37 bits per heavy atom. The molecule has 1 aromatic rings. The summed E-state index contributed by atoms with van der Waals surface area (Å²) in [4.78, 5) is 0.284. The van der Waals surface area contributed by atoms with Crippen LogP contribution in [0, 0.1) is 0 Å². The first-order chi connectivity index (χ1) is 8.91. The molecule has 106 valence electrons. The van der Waals surface area contributed by atoms with Crippen LogP contribution in [0.3, 0.4) is 0 Å². The van der Waals surface area contributed by atoms with Crippen molar-refractivity contribution in [2.45, 2.75) is 30.2 Å². The summed E-state index contributed by atoms with van der Waals surface area (Å²) in [5, 5.41) is 0. The molecular formula is C13H20N2O3S. The highest BCUT2D eigenvalue weighted by Gasteiger charge is 2.44. The second-order valence-corrected chi connectivity index (χ2v) is 7.00. The first kappa shape index (κ1) is 14.3. The maximum absolute atomic E-state index is 12.3. The first-order valence-corrected chi connectivity index (χ1v) is 7.78. The van der Waals surface area contributed by atoms with Crippen molar-refractivity contribution < 1.29 is 13.2 Å². The van der Waals surface area contributed by atoms with Crippen LogP contribution in [0.2, 0.25) is 0 Å². The molecule has 0 atom stereocenters. The number of methoxy groups -OCH3 is 1. The van der Waals surface area contributed by atoms with Crippen molar-refractivity contribution in [1.29, 1.82) is 0 Å². The van der Waals surface area contributed by atoms with Crippen LogP contribution in [0.1, 0.15) is 19.8 Å². The largest absolute Gasteiger partial charge is 0.497 e. The van der Waals surface area contributed by atoms with Crippen LogP contribution in [-0.2, 0) is 10.0 Å². The van der Waals surface area contributed by atoms with Crippen LogP contribution in [-0.4, -0.2) is 38.5 Å². The van der Waals surface area contributed by atoms with Crippen molar-refractivity contribution in [2.24, 2.45) is 5.73 Å². The Balaban J connectivity index is 2.11. The molecule has 0 aromatic heterocycles. The molecule has 1 aliphatic heterocycles. The highest BCUT2D eigenvalue weighted by molar-refractivity contribution is 7.89. The van der Waals surface area contributed by atoms with E-state index < -0.39 is 10.0 Å². The van der Waals surface area contributed by atoms with Crippen molar-refractivity contribution in [2.75, 3.05) is 20.2 Å². The highest BCUT2D eigenvalue weighted by Crippen LogP contribution is 2.30. The Morgan fingerprint density at radius 2 is 1.89 bits per heavy atom. The van der Waals surface area contributed by atoms with Gasteiger partial charge in [0, 0.05) is 18.6 Å². The summed E-state index contributed by atoms with van der Waals surface area (Å²) in [6.45, 7) is 2.85. The lowest BCUT2D eigenvalue weighted by molar-refractivity contribution is 0.147. The predicted octanol–water partition coefficient (Wildman–Crippen LogP) is 1.20. The monoisotopic (exact) mass is 284 g/mol. The predicted molar refractivity (Wildman–Crippen MR) is 73.6 cm³/mol. The molecule has 0 radical (unpaired) electrons. The average Bonchev–Trinajstić information content (AvgIpc) is 2.36. The molecule has 6 heteroatoms. The smallest absolute Gasteiger partial charge is 0.243 e. The molecule has 0 spiro atoms. The molecule has 2 N–H and O–H groups in total. The van der Waals surface area contributed by atoms with Crippen molar-refractivity contribution in [1.82, 2.24) is 4.31 Å². The summed E-state index contributed by atoms with van der Waals surface area (Å²) in [6, 6.07) is 6.41. The van der Waals surface area contributed by atoms with Gasteiger partial charge in [-0.05, 0) is 30.7 Å². The van der Waals surface area contributed by atoms with E-state index in [1.54, 1.807) is 31.4 Å². The van der Waals surface area contributed by atoms with Gasteiger partial charge in [-0.2, -0.15) is 4.31 Å². The topological polar surface area (TPSA) is 72.6 Å². The Kier molecular flexibility index (Phi) is 3.85. The van der Waals surface area contributed by atoms with Gasteiger partial charge in [-0.25, -0.2) is 8.42 Å². The van der Waals surface area contributed by atoms with Crippen LogP contribution in [0.25, 0.3) is 0 Å². The van der Waals surface area contributed by atoms with Crippen LogP contribution in [0.4, 0.5) is 0 Å². The third kappa shape index (κ3) is 2.75. The van der Waals surface area contributed by atoms with E-state index >= 15 is 0 Å². The Bertz CT molecular complexity index is 534. The van der Waals surface area contributed by atoms with Crippen LogP contribution in [0.15, 0.2) is 29.2 Å². The highest BCUT2D eigenvalue weighted by atomic mass is 32.2. The third-order valence-electron chi connectivity index (χ3n) is 3.43. The molecule has 0 unspecified atom stereocenters. The molecule has 5 nitrogen and oxygen atoms in total. The van der Waals surface area contributed by atoms with Crippen LogP contribution >= 0.6 is 0 Å². The number of benzene rings is 1. The maximum Gasteiger partial charge on any atom is 0.243 e. The summed E-state index contributed by atoms with van der Waals surface area (Å²) in [5.74, 6) is 0.640. The third-order valence-corrected chi connectivity index (χ3v) is 5.23. The normalized spacial score (nSPS) is 18.9. The molecule has 1 aliphatic rings. The second-order valence-electron chi connectivity index (χ2n) is 5.06. The number of ether oxygens (including phenoxy) is 1. The van der Waals surface area contributed by atoms with Crippen molar-refractivity contribution in [3.8, 4) is 5.75 Å². The quantitative estimate of drug-likeness (QED) is 0.881. The standard InChI is InChI=1S/C13H20N2O3S/c1-3-8-13(14)9-15(10-13)19(16,17)12-6-4-11(18-2)5-7-12/h4-7H,3,8-10,14H2,1-2H3. The van der Waals surface area contributed by atoms with E-state index in [1.165, 1.54) is 4.31 Å². The van der Waals surface area contributed by atoms with Crippen molar-refractivity contribution in [3.63, 3.8) is 0 Å². The molecular weight excluding hydrogens is 264 g/mol. The zero-order valence-electron chi connectivity index (χ0n) is 11.3. The number of hydrogen-bond donors (Lipinski definition) is 1. The number of nitrogens with two attached hydrogens (primary N) is 1. The SMILES string of the molecule is CCCC1(N)CN(S(=O)(=O)c2ccc(OC)cc2)C1. The van der Waals surface area contributed by atoms with E-state index in [-0.39, 0.29) is 10.4 Å². The summed E-state index contributed by atoms with van der Waals surface area (Å²) >= 11 is 0. The molecule has 1 heterocycles. The zero-order valence-corrected chi connectivity index (χ0v) is 12.1. The molecule has 19 heavy (non-hydrogen) atoms. The van der Waals surface area contributed by atoms with E-state index in [0.29, 0.717) is 18.8 Å². The lowest BCUT2D eigenvalue weighted by Crippen LogP contribution is -2.68. The van der Waals surface area contributed by atoms with Crippen LogP contribution < -0.4 is 10.5 Å². The van der Waals surface area contributed by atoms with Gasteiger partial charge in [0.25, 0.3) is 0 Å². The minimum absolute atomic E-state index is 0.284. The Labute approximate surface area is 114 Å². The van der Waals surface area contributed by atoms with Gasteiger partial charge >= 0.3 is 0 Å². The first-order valence-electron chi connectivity index (χ1n) is 6.34. The Hall–Kier alpha value is -1.11. The summed E-state index contributed by atoms with van der Waals surface area (Å²) < 4.78 is 31.1.